The molecule has 1 aliphatic heterocycles. The van der Waals surface area contributed by atoms with Gasteiger partial charge in [0.1, 0.15) is 5.75 Å². The number of amides is 1. The van der Waals surface area contributed by atoms with Gasteiger partial charge < -0.3 is 14.4 Å². The lowest BCUT2D eigenvalue weighted by atomic mass is 10.1. The van der Waals surface area contributed by atoms with Crippen molar-refractivity contribution < 1.29 is 14.3 Å². The molecule has 0 N–H and O–H groups in total. The first-order valence-electron chi connectivity index (χ1n) is 8.72. The van der Waals surface area contributed by atoms with Crippen LogP contribution >= 0.6 is 0 Å². The number of hydrogen-bond acceptors (Lipinski definition) is 4. The van der Waals surface area contributed by atoms with E-state index in [0.717, 1.165) is 17.7 Å². The average Bonchev–Trinajstić information content (AvgIpc) is 2.67. The van der Waals surface area contributed by atoms with Crippen LogP contribution in [0.1, 0.15) is 12.5 Å². The van der Waals surface area contributed by atoms with Gasteiger partial charge in [0.15, 0.2) is 0 Å². The van der Waals surface area contributed by atoms with Crippen LogP contribution < -0.4 is 4.74 Å². The second kappa shape index (κ2) is 7.85. The van der Waals surface area contributed by atoms with Crippen LogP contribution in [0.2, 0.25) is 0 Å². The van der Waals surface area contributed by atoms with Crippen LogP contribution in [0.25, 0.3) is 10.8 Å². The molecule has 134 valence electrons. The zero-order valence-corrected chi connectivity index (χ0v) is 15.2. The topological polar surface area (TPSA) is 42.0 Å². The van der Waals surface area contributed by atoms with E-state index in [-0.39, 0.29) is 11.9 Å². The number of ether oxygens (including phenoxy) is 2. The average molecular weight is 342 g/mol. The van der Waals surface area contributed by atoms with Crippen LogP contribution in [-0.2, 0) is 16.1 Å². The summed E-state index contributed by atoms with van der Waals surface area (Å²) in [4.78, 5) is 16.6. The third-order valence-corrected chi connectivity index (χ3v) is 4.89. The smallest absolute Gasteiger partial charge is 0.239 e. The molecule has 3 rings (SSSR count). The van der Waals surface area contributed by atoms with Gasteiger partial charge in [0.05, 0.1) is 26.4 Å². The fourth-order valence-corrected chi connectivity index (χ4v) is 3.16. The Morgan fingerprint density at radius 2 is 1.88 bits per heavy atom. The molecule has 0 aromatic heterocycles. The van der Waals surface area contributed by atoms with Crippen molar-refractivity contribution in [1.82, 2.24) is 9.80 Å². The van der Waals surface area contributed by atoms with Gasteiger partial charge in [0, 0.05) is 19.6 Å². The highest BCUT2D eigenvalue weighted by molar-refractivity contribution is 5.84. The fourth-order valence-electron chi connectivity index (χ4n) is 3.16. The van der Waals surface area contributed by atoms with Gasteiger partial charge in [0.25, 0.3) is 0 Å². The predicted octanol–water partition coefficient (Wildman–Crippen LogP) is 2.53. The number of morpholine rings is 1. The molecular weight excluding hydrogens is 316 g/mol. The summed E-state index contributed by atoms with van der Waals surface area (Å²) in [6.07, 6.45) is 0. The second-order valence-electron chi connectivity index (χ2n) is 6.58. The van der Waals surface area contributed by atoms with Gasteiger partial charge in [-0.1, -0.05) is 18.2 Å². The molecule has 5 nitrogen and oxygen atoms in total. The van der Waals surface area contributed by atoms with Crippen molar-refractivity contribution in [3.05, 3.63) is 42.0 Å². The van der Waals surface area contributed by atoms with E-state index in [1.54, 1.807) is 7.11 Å². The Morgan fingerprint density at radius 1 is 1.20 bits per heavy atom. The van der Waals surface area contributed by atoms with Gasteiger partial charge >= 0.3 is 0 Å². The number of carbonyl (C=O) groups excluding carboxylic acids is 1. The Kier molecular flexibility index (Phi) is 5.56. The zero-order valence-electron chi connectivity index (χ0n) is 15.2. The van der Waals surface area contributed by atoms with E-state index in [9.17, 15) is 4.79 Å². The lowest BCUT2D eigenvalue weighted by molar-refractivity contribution is -0.140. The number of carbonyl (C=O) groups is 1. The van der Waals surface area contributed by atoms with E-state index < -0.39 is 0 Å². The summed E-state index contributed by atoms with van der Waals surface area (Å²) in [5, 5.41) is 2.34. The number of methoxy groups -OCH3 is 1. The number of hydrogen-bond donors (Lipinski definition) is 0. The second-order valence-corrected chi connectivity index (χ2v) is 6.58. The van der Waals surface area contributed by atoms with E-state index in [2.05, 4.69) is 29.2 Å². The Bertz CT molecular complexity index is 741. The predicted molar refractivity (Wildman–Crippen MR) is 98.8 cm³/mol. The summed E-state index contributed by atoms with van der Waals surface area (Å²) < 4.78 is 10.6. The molecule has 0 saturated carbocycles. The van der Waals surface area contributed by atoms with Crippen LogP contribution in [0.15, 0.2) is 36.4 Å². The molecule has 1 fully saturated rings. The lowest BCUT2D eigenvalue weighted by Gasteiger charge is -2.32. The van der Waals surface area contributed by atoms with E-state index in [1.807, 2.05) is 31.0 Å². The minimum Gasteiger partial charge on any atom is -0.497 e. The Balaban J connectivity index is 1.68. The minimum absolute atomic E-state index is 0.148. The molecule has 1 atom stereocenters. The fraction of sp³-hybridized carbons (Fsp3) is 0.450. The van der Waals surface area contributed by atoms with Crippen molar-refractivity contribution in [2.45, 2.75) is 19.5 Å². The summed E-state index contributed by atoms with van der Waals surface area (Å²) in [7, 11) is 3.68. The van der Waals surface area contributed by atoms with Gasteiger partial charge in [-0.15, -0.1) is 0 Å². The number of benzene rings is 2. The quantitative estimate of drug-likeness (QED) is 0.837. The summed E-state index contributed by atoms with van der Waals surface area (Å²) in [6.45, 7) is 5.36. The maximum absolute atomic E-state index is 12.6. The van der Waals surface area contributed by atoms with Crippen LogP contribution in [0.5, 0.6) is 5.75 Å². The first-order chi connectivity index (χ1) is 12.1. The molecule has 0 spiro atoms. The van der Waals surface area contributed by atoms with Crippen molar-refractivity contribution in [1.29, 1.82) is 0 Å². The Hall–Kier alpha value is -2.11. The van der Waals surface area contributed by atoms with E-state index in [0.29, 0.717) is 26.3 Å². The Labute approximate surface area is 149 Å². The van der Waals surface area contributed by atoms with Gasteiger partial charge in [-0.3, -0.25) is 9.69 Å². The third-order valence-electron chi connectivity index (χ3n) is 4.89. The van der Waals surface area contributed by atoms with E-state index in [1.165, 1.54) is 10.9 Å². The highest BCUT2D eigenvalue weighted by Crippen LogP contribution is 2.22. The lowest BCUT2D eigenvalue weighted by Crippen LogP contribution is -2.49. The first kappa shape index (κ1) is 17.7. The number of rotatable bonds is 5. The van der Waals surface area contributed by atoms with E-state index >= 15 is 0 Å². The molecule has 25 heavy (non-hydrogen) atoms. The molecule has 1 amide bonds. The number of nitrogens with zero attached hydrogens (tertiary/aromatic N) is 2. The standard InChI is InChI=1S/C20H26N2O3/c1-15(20(23)22-8-10-25-11-9-22)21(2)14-16-4-5-18-13-19(24-3)7-6-17(18)12-16/h4-7,12-13,15H,8-11,14H2,1-3H3. The summed E-state index contributed by atoms with van der Waals surface area (Å²) >= 11 is 0. The summed E-state index contributed by atoms with van der Waals surface area (Å²) in [6, 6.07) is 12.3. The molecule has 0 radical (unpaired) electrons. The SMILES string of the molecule is COc1ccc2cc(CN(C)C(C)C(=O)N3CCOCC3)ccc2c1. The molecule has 1 aliphatic rings. The van der Waals surface area contributed by atoms with Crippen molar-refractivity contribution in [2.75, 3.05) is 40.5 Å². The van der Waals surface area contributed by atoms with Crippen LogP contribution in [0.4, 0.5) is 0 Å². The van der Waals surface area contributed by atoms with Gasteiger partial charge in [-0.05, 0) is 48.5 Å². The van der Waals surface area contributed by atoms with E-state index in [4.69, 9.17) is 9.47 Å². The molecule has 0 aliphatic carbocycles. The maximum atomic E-state index is 12.6. The monoisotopic (exact) mass is 342 g/mol. The highest BCUT2D eigenvalue weighted by atomic mass is 16.5. The zero-order chi connectivity index (χ0) is 17.8. The molecule has 2 aromatic carbocycles. The molecule has 1 heterocycles. The number of fused-ring (bicyclic) bond motifs is 1. The molecule has 1 unspecified atom stereocenters. The normalized spacial score (nSPS) is 16.2. The Morgan fingerprint density at radius 3 is 2.60 bits per heavy atom. The largest absolute Gasteiger partial charge is 0.497 e. The van der Waals surface area contributed by atoms with Gasteiger partial charge in [-0.25, -0.2) is 0 Å². The third kappa shape index (κ3) is 4.11. The maximum Gasteiger partial charge on any atom is 0.239 e. The molecule has 1 saturated heterocycles. The van der Waals surface area contributed by atoms with Gasteiger partial charge in [0.2, 0.25) is 5.91 Å². The molecule has 2 aromatic rings. The first-order valence-corrected chi connectivity index (χ1v) is 8.72. The van der Waals surface area contributed by atoms with Gasteiger partial charge in [-0.2, -0.15) is 0 Å². The van der Waals surface area contributed by atoms with Crippen LogP contribution in [0.3, 0.4) is 0 Å². The highest BCUT2D eigenvalue weighted by Gasteiger charge is 2.25. The number of likely N-dealkylation sites (N-methyl/N-ethyl adjacent to an activating group) is 1. The minimum atomic E-state index is -0.148. The molecular formula is C20H26N2O3. The van der Waals surface area contributed by atoms with Crippen molar-refractivity contribution in [3.8, 4) is 5.75 Å². The van der Waals surface area contributed by atoms with Crippen LogP contribution in [-0.4, -0.2) is 62.2 Å². The van der Waals surface area contributed by atoms with Crippen LogP contribution in [0, 0.1) is 0 Å². The molecule has 5 heteroatoms. The van der Waals surface area contributed by atoms with Crippen molar-refractivity contribution in [3.63, 3.8) is 0 Å². The van der Waals surface area contributed by atoms with Crippen molar-refractivity contribution in [2.24, 2.45) is 0 Å². The summed E-state index contributed by atoms with van der Waals surface area (Å²) in [5.41, 5.74) is 1.20. The summed E-state index contributed by atoms with van der Waals surface area (Å²) in [5.74, 6) is 1.04. The van der Waals surface area contributed by atoms with Crippen molar-refractivity contribution >= 4 is 16.7 Å². The molecule has 0 bridgehead atoms.